The molecule has 2 aromatic heterocycles. The van der Waals surface area contributed by atoms with E-state index in [0.29, 0.717) is 27.3 Å². The van der Waals surface area contributed by atoms with Crippen molar-refractivity contribution in [2.45, 2.75) is 19.3 Å². The van der Waals surface area contributed by atoms with Gasteiger partial charge >= 0.3 is 0 Å². The van der Waals surface area contributed by atoms with E-state index in [1.54, 1.807) is 25.3 Å². The first-order valence-corrected chi connectivity index (χ1v) is 9.76. The third-order valence-corrected chi connectivity index (χ3v) is 5.92. The third-order valence-electron chi connectivity index (χ3n) is 4.74. The molecule has 3 N–H and O–H groups in total. The van der Waals surface area contributed by atoms with E-state index in [0.717, 1.165) is 36.2 Å². The zero-order valence-corrected chi connectivity index (χ0v) is 16.6. The maximum Gasteiger partial charge on any atom is 0.272 e. The molecule has 2 heterocycles. The van der Waals surface area contributed by atoms with Crippen molar-refractivity contribution in [3.05, 3.63) is 45.4 Å². The molecule has 140 valence electrons. The number of nitrogens with one attached hydrogen (secondary N) is 1. The molecule has 0 spiro atoms. The molecule has 0 unspecified atom stereocenters. The van der Waals surface area contributed by atoms with Gasteiger partial charge in [0.25, 0.3) is 5.91 Å². The Morgan fingerprint density at radius 2 is 2.19 bits per heavy atom. The Hall–Kier alpha value is -2.51. The molecule has 0 saturated carbocycles. The molecule has 6 nitrogen and oxygen atoms in total. The number of nitrogens with two attached hydrogens (primary N) is 1. The van der Waals surface area contributed by atoms with E-state index in [-0.39, 0.29) is 5.91 Å². The van der Waals surface area contributed by atoms with Gasteiger partial charge in [-0.1, -0.05) is 11.6 Å². The molecule has 3 aromatic rings. The molecule has 0 atom stereocenters. The number of carbonyl (C=O) groups is 1. The number of methoxy groups -OCH3 is 1. The summed E-state index contributed by atoms with van der Waals surface area (Å²) in [5.41, 5.74) is 9.99. The fourth-order valence-electron chi connectivity index (χ4n) is 3.51. The van der Waals surface area contributed by atoms with Gasteiger partial charge in [-0.05, 0) is 49.1 Å². The lowest BCUT2D eigenvalue weighted by Gasteiger charge is -2.12. The number of rotatable bonds is 3. The number of ether oxygens (including phenoxy) is 1. The van der Waals surface area contributed by atoms with E-state index in [9.17, 15) is 4.79 Å². The van der Waals surface area contributed by atoms with Crippen LogP contribution >= 0.6 is 22.9 Å². The molecule has 4 rings (SSSR count). The van der Waals surface area contributed by atoms with Crippen LogP contribution in [0, 0.1) is 0 Å². The quantitative estimate of drug-likeness (QED) is 0.689. The number of anilines is 2. The average Bonchev–Trinajstić information content (AvgIpc) is 3.09. The Kier molecular flexibility index (Phi) is 4.57. The summed E-state index contributed by atoms with van der Waals surface area (Å²) in [6, 6.07) is 7.05. The topological polar surface area (TPSA) is 82.2 Å². The molecule has 8 heteroatoms. The smallest absolute Gasteiger partial charge is 0.272 e. The average molecular weight is 403 g/mol. The molecular formula is C19H19ClN4O2S. The lowest BCUT2D eigenvalue weighted by Crippen LogP contribution is -2.16. The SMILES string of the molecule is COc1ccc(Cl)cc1NC(=O)c1cc2c(n1C)-c1nc(N)sc1CCC2. The van der Waals surface area contributed by atoms with Crippen molar-refractivity contribution in [1.82, 2.24) is 9.55 Å². The van der Waals surface area contributed by atoms with Crippen LogP contribution in [-0.4, -0.2) is 22.6 Å². The van der Waals surface area contributed by atoms with Gasteiger partial charge in [0.2, 0.25) is 0 Å². The summed E-state index contributed by atoms with van der Waals surface area (Å²) in [5, 5.41) is 3.99. The molecule has 0 saturated heterocycles. The van der Waals surface area contributed by atoms with Gasteiger partial charge in [0, 0.05) is 16.9 Å². The molecule has 0 fully saturated rings. The fraction of sp³-hybridized carbons (Fsp3) is 0.263. The highest BCUT2D eigenvalue weighted by Gasteiger charge is 2.26. The van der Waals surface area contributed by atoms with E-state index in [1.165, 1.54) is 16.2 Å². The molecule has 1 amide bonds. The Bertz CT molecular complexity index is 1040. The monoisotopic (exact) mass is 402 g/mol. The highest BCUT2D eigenvalue weighted by Crippen LogP contribution is 2.38. The molecule has 1 aromatic carbocycles. The number of carbonyl (C=O) groups excluding carboxylic acids is 1. The van der Waals surface area contributed by atoms with E-state index in [2.05, 4.69) is 10.3 Å². The normalized spacial score (nSPS) is 12.9. The van der Waals surface area contributed by atoms with Crippen LogP contribution in [0.4, 0.5) is 10.8 Å². The minimum atomic E-state index is -0.226. The van der Waals surface area contributed by atoms with Crippen LogP contribution in [0.5, 0.6) is 5.75 Å². The number of aromatic nitrogens is 2. The Morgan fingerprint density at radius 3 is 2.96 bits per heavy atom. The number of aryl methyl sites for hydroxylation is 2. The Balaban J connectivity index is 1.73. The van der Waals surface area contributed by atoms with Crippen molar-refractivity contribution >= 4 is 39.7 Å². The highest BCUT2D eigenvalue weighted by atomic mass is 35.5. The first-order valence-electron chi connectivity index (χ1n) is 8.57. The summed E-state index contributed by atoms with van der Waals surface area (Å²) in [4.78, 5) is 18.7. The van der Waals surface area contributed by atoms with Crippen LogP contribution in [0.2, 0.25) is 5.02 Å². The van der Waals surface area contributed by atoms with Gasteiger partial charge in [-0.2, -0.15) is 0 Å². The summed E-state index contributed by atoms with van der Waals surface area (Å²) < 4.78 is 7.21. The molecule has 0 bridgehead atoms. The number of hydrogen-bond acceptors (Lipinski definition) is 5. The van der Waals surface area contributed by atoms with Crippen molar-refractivity contribution in [3.8, 4) is 17.1 Å². The second-order valence-corrected chi connectivity index (χ2v) is 7.99. The van der Waals surface area contributed by atoms with Gasteiger partial charge in [0.1, 0.15) is 17.1 Å². The number of nitrogens with zero attached hydrogens (tertiary/aromatic N) is 2. The zero-order valence-electron chi connectivity index (χ0n) is 15.0. The van der Waals surface area contributed by atoms with Crippen LogP contribution in [0.25, 0.3) is 11.4 Å². The summed E-state index contributed by atoms with van der Waals surface area (Å²) in [6.45, 7) is 0. The maximum atomic E-state index is 13.0. The van der Waals surface area contributed by atoms with Crippen LogP contribution < -0.4 is 15.8 Å². The number of halogens is 1. The lowest BCUT2D eigenvalue weighted by molar-refractivity contribution is 0.101. The Morgan fingerprint density at radius 1 is 1.37 bits per heavy atom. The third kappa shape index (κ3) is 3.17. The van der Waals surface area contributed by atoms with Gasteiger partial charge in [0.15, 0.2) is 5.13 Å². The maximum absolute atomic E-state index is 13.0. The number of nitrogen functional groups attached to an aromatic ring is 1. The van der Waals surface area contributed by atoms with Gasteiger partial charge in [-0.25, -0.2) is 4.98 Å². The van der Waals surface area contributed by atoms with Crippen molar-refractivity contribution in [3.63, 3.8) is 0 Å². The van der Waals surface area contributed by atoms with Crippen LogP contribution in [0.3, 0.4) is 0 Å². The van der Waals surface area contributed by atoms with Crippen molar-refractivity contribution in [2.75, 3.05) is 18.2 Å². The summed E-state index contributed by atoms with van der Waals surface area (Å²) >= 11 is 7.59. The molecular weight excluding hydrogens is 384 g/mol. The number of thiazole rings is 1. The van der Waals surface area contributed by atoms with Gasteiger partial charge in [-0.15, -0.1) is 11.3 Å². The second kappa shape index (κ2) is 6.90. The second-order valence-electron chi connectivity index (χ2n) is 6.44. The van der Waals surface area contributed by atoms with Crippen molar-refractivity contribution in [1.29, 1.82) is 0 Å². The largest absolute Gasteiger partial charge is 0.495 e. The van der Waals surface area contributed by atoms with E-state index in [1.807, 2.05) is 17.7 Å². The van der Waals surface area contributed by atoms with Crippen LogP contribution in [0.15, 0.2) is 24.3 Å². The predicted octanol–water partition coefficient (Wildman–Crippen LogP) is 4.13. The number of hydrogen-bond donors (Lipinski definition) is 2. The molecule has 0 radical (unpaired) electrons. The van der Waals surface area contributed by atoms with E-state index >= 15 is 0 Å². The van der Waals surface area contributed by atoms with Gasteiger partial charge < -0.3 is 20.4 Å². The molecule has 0 aliphatic heterocycles. The van der Waals surface area contributed by atoms with E-state index in [4.69, 9.17) is 22.1 Å². The number of amides is 1. The van der Waals surface area contributed by atoms with E-state index < -0.39 is 0 Å². The minimum Gasteiger partial charge on any atom is -0.495 e. The highest BCUT2D eigenvalue weighted by molar-refractivity contribution is 7.15. The predicted molar refractivity (Wildman–Crippen MR) is 109 cm³/mol. The number of fused-ring (bicyclic) bond motifs is 3. The first-order chi connectivity index (χ1) is 13.0. The summed E-state index contributed by atoms with van der Waals surface area (Å²) in [6.07, 6.45) is 2.87. The fourth-order valence-corrected chi connectivity index (χ4v) is 4.56. The minimum absolute atomic E-state index is 0.226. The van der Waals surface area contributed by atoms with Crippen LogP contribution in [-0.2, 0) is 19.9 Å². The van der Waals surface area contributed by atoms with Gasteiger partial charge in [0.05, 0.1) is 18.5 Å². The van der Waals surface area contributed by atoms with Crippen molar-refractivity contribution in [2.24, 2.45) is 7.05 Å². The van der Waals surface area contributed by atoms with Crippen molar-refractivity contribution < 1.29 is 9.53 Å². The first kappa shape index (κ1) is 17.9. The number of benzene rings is 1. The molecule has 1 aliphatic rings. The Labute approximate surface area is 165 Å². The molecule has 1 aliphatic carbocycles. The molecule has 27 heavy (non-hydrogen) atoms. The summed E-state index contributed by atoms with van der Waals surface area (Å²) in [7, 11) is 3.44. The standard InChI is InChI=1S/C19H19ClN4O2S/c1-24-13(18(25)22-12-9-11(20)6-7-14(12)26-2)8-10-4-3-5-15-16(17(10)24)23-19(21)27-15/h6-9H,3-5H2,1-2H3,(H2,21,23)(H,22,25). The zero-order chi connectivity index (χ0) is 19.1. The van der Waals surface area contributed by atoms with Gasteiger partial charge in [-0.3, -0.25) is 4.79 Å². The summed E-state index contributed by atoms with van der Waals surface area (Å²) in [5.74, 6) is 0.328. The lowest BCUT2D eigenvalue weighted by atomic mass is 10.1. The van der Waals surface area contributed by atoms with Crippen LogP contribution in [0.1, 0.15) is 27.3 Å².